The van der Waals surface area contributed by atoms with Crippen LogP contribution in [0.1, 0.15) is 22.8 Å². The first-order chi connectivity index (χ1) is 16.7. The number of hydrogen-bond donors (Lipinski definition) is 2. The molecule has 1 heterocycles. The van der Waals surface area contributed by atoms with E-state index < -0.39 is 15.9 Å². The van der Waals surface area contributed by atoms with Crippen molar-refractivity contribution in [3.63, 3.8) is 0 Å². The number of carbonyl (C=O) groups is 1. The summed E-state index contributed by atoms with van der Waals surface area (Å²) in [6.07, 6.45) is 1.08. The van der Waals surface area contributed by atoms with Gasteiger partial charge in [0.2, 0.25) is 10.0 Å². The van der Waals surface area contributed by atoms with Gasteiger partial charge in [-0.15, -0.1) is 0 Å². The number of aromatic nitrogens is 1. The van der Waals surface area contributed by atoms with Gasteiger partial charge in [0, 0.05) is 16.6 Å². The maximum absolute atomic E-state index is 13.2. The Morgan fingerprint density at radius 3 is 2.49 bits per heavy atom. The summed E-state index contributed by atoms with van der Waals surface area (Å²) in [6.45, 7) is 1.73. The predicted octanol–water partition coefficient (Wildman–Crippen LogP) is 4.44. The normalized spacial score (nSPS) is 11.8. The number of methoxy groups -OCH3 is 1. The number of anilines is 1. The first-order valence-electron chi connectivity index (χ1n) is 10.7. The Kier molecular flexibility index (Phi) is 6.79. The number of fused-ring (bicyclic) bond motifs is 1. The van der Waals surface area contributed by atoms with Crippen LogP contribution in [-0.4, -0.2) is 38.4 Å². The summed E-state index contributed by atoms with van der Waals surface area (Å²) >= 11 is 0. The summed E-state index contributed by atoms with van der Waals surface area (Å²) in [5, 5.41) is 4.94. The number of benzene rings is 3. The first kappa shape index (κ1) is 23.9. The van der Waals surface area contributed by atoms with Gasteiger partial charge in [0.15, 0.2) is 0 Å². The van der Waals surface area contributed by atoms with Crippen molar-refractivity contribution in [1.82, 2.24) is 10.4 Å². The van der Waals surface area contributed by atoms with E-state index in [2.05, 4.69) is 15.2 Å². The molecule has 3 aromatic carbocycles. The number of para-hydroxylation sites is 2. The molecule has 9 heteroatoms. The molecule has 0 unspecified atom stereocenters. The number of sulfonamides is 1. The van der Waals surface area contributed by atoms with Crippen LogP contribution in [0.25, 0.3) is 22.2 Å². The second-order valence-electron chi connectivity index (χ2n) is 7.87. The van der Waals surface area contributed by atoms with Crippen molar-refractivity contribution in [2.45, 2.75) is 6.92 Å². The van der Waals surface area contributed by atoms with E-state index in [1.54, 1.807) is 44.4 Å². The third-order valence-electron chi connectivity index (χ3n) is 5.25. The van der Waals surface area contributed by atoms with Crippen molar-refractivity contribution >= 4 is 38.2 Å². The molecule has 0 aliphatic heterocycles. The Bertz CT molecular complexity index is 1550. The van der Waals surface area contributed by atoms with Crippen LogP contribution in [-0.2, 0) is 10.0 Å². The van der Waals surface area contributed by atoms with Crippen molar-refractivity contribution in [1.29, 1.82) is 0 Å². The molecule has 1 amide bonds. The molecular formula is C26H24N4O4S. The number of hydrazone groups is 1. The molecular weight excluding hydrogens is 464 g/mol. The number of ether oxygens (including phenoxy) is 1. The van der Waals surface area contributed by atoms with E-state index in [9.17, 15) is 13.2 Å². The van der Waals surface area contributed by atoms with Gasteiger partial charge >= 0.3 is 0 Å². The Balaban J connectivity index is 1.67. The number of pyridine rings is 1. The summed E-state index contributed by atoms with van der Waals surface area (Å²) in [6, 6.07) is 23.4. The monoisotopic (exact) mass is 488 g/mol. The van der Waals surface area contributed by atoms with Crippen molar-refractivity contribution in [3.8, 4) is 17.0 Å². The third-order valence-corrected chi connectivity index (χ3v) is 5.86. The zero-order valence-electron chi connectivity index (χ0n) is 19.4. The maximum Gasteiger partial charge on any atom is 0.272 e. The van der Waals surface area contributed by atoms with E-state index in [1.165, 1.54) is 0 Å². The third kappa shape index (κ3) is 5.64. The molecule has 4 aromatic rings. The largest absolute Gasteiger partial charge is 0.496 e. The summed E-state index contributed by atoms with van der Waals surface area (Å²) in [5.41, 5.74) is 6.66. The Morgan fingerprint density at radius 1 is 0.971 bits per heavy atom. The van der Waals surface area contributed by atoms with Gasteiger partial charge < -0.3 is 4.74 Å². The molecule has 0 atom stereocenters. The zero-order chi connectivity index (χ0) is 25.0. The van der Waals surface area contributed by atoms with Crippen LogP contribution >= 0.6 is 0 Å². The van der Waals surface area contributed by atoms with Crippen LogP contribution in [0, 0.1) is 0 Å². The Morgan fingerprint density at radius 2 is 1.71 bits per heavy atom. The minimum absolute atomic E-state index is 0.399. The Hall–Kier alpha value is -4.24. The minimum atomic E-state index is -3.41. The molecule has 0 saturated carbocycles. The number of carbonyl (C=O) groups excluding carboxylic acids is 1. The number of nitrogens with one attached hydrogen (secondary N) is 2. The first-order valence-corrected chi connectivity index (χ1v) is 12.6. The van der Waals surface area contributed by atoms with Gasteiger partial charge in [-0.1, -0.05) is 42.5 Å². The minimum Gasteiger partial charge on any atom is -0.496 e. The highest BCUT2D eigenvalue weighted by molar-refractivity contribution is 7.92. The standard InChI is InChI=1S/C26H24N4O4S/c1-17(18-9-8-10-19(15-18)30-35(3,32)33)28-29-26(31)22-16-24(21-12-5-7-14-25(21)34-2)27-23-13-6-4-11-20(22)23/h4-16,30H,1-3H3,(H,29,31)/b28-17+. The molecule has 1 aromatic heterocycles. The van der Waals surface area contributed by atoms with E-state index in [-0.39, 0.29) is 0 Å². The molecule has 0 aliphatic carbocycles. The highest BCUT2D eigenvalue weighted by Crippen LogP contribution is 2.31. The van der Waals surface area contributed by atoms with Gasteiger partial charge in [-0.05, 0) is 48.9 Å². The second kappa shape index (κ2) is 9.94. The van der Waals surface area contributed by atoms with Gasteiger partial charge in [-0.2, -0.15) is 5.10 Å². The van der Waals surface area contributed by atoms with Gasteiger partial charge in [-0.3, -0.25) is 9.52 Å². The Labute approximate surface area is 203 Å². The van der Waals surface area contributed by atoms with E-state index >= 15 is 0 Å². The highest BCUT2D eigenvalue weighted by Gasteiger charge is 2.16. The number of hydrogen-bond acceptors (Lipinski definition) is 6. The average Bonchev–Trinajstić information content (AvgIpc) is 2.85. The van der Waals surface area contributed by atoms with Crippen LogP contribution in [0.2, 0.25) is 0 Å². The summed E-state index contributed by atoms with van der Waals surface area (Å²) in [5.74, 6) is 0.252. The maximum atomic E-state index is 13.2. The van der Waals surface area contributed by atoms with Crippen molar-refractivity contribution < 1.29 is 17.9 Å². The summed E-state index contributed by atoms with van der Waals surface area (Å²) < 4.78 is 30.9. The van der Waals surface area contributed by atoms with Gasteiger partial charge in [-0.25, -0.2) is 18.8 Å². The van der Waals surface area contributed by atoms with Crippen LogP contribution in [0.3, 0.4) is 0 Å². The number of amides is 1. The molecule has 35 heavy (non-hydrogen) atoms. The fraction of sp³-hybridized carbons (Fsp3) is 0.115. The summed E-state index contributed by atoms with van der Waals surface area (Å²) in [7, 11) is -1.82. The fourth-order valence-electron chi connectivity index (χ4n) is 3.64. The van der Waals surface area contributed by atoms with E-state index in [4.69, 9.17) is 9.72 Å². The summed E-state index contributed by atoms with van der Waals surface area (Å²) in [4.78, 5) is 17.9. The van der Waals surface area contributed by atoms with Crippen LogP contribution in [0.15, 0.2) is 84.0 Å². The molecule has 8 nitrogen and oxygen atoms in total. The van der Waals surface area contributed by atoms with E-state index in [0.29, 0.717) is 44.9 Å². The molecule has 0 radical (unpaired) electrons. The van der Waals surface area contributed by atoms with Crippen LogP contribution < -0.4 is 14.9 Å². The van der Waals surface area contributed by atoms with E-state index in [0.717, 1.165) is 11.8 Å². The SMILES string of the molecule is COc1ccccc1-c1cc(C(=O)N/N=C(\C)c2cccc(NS(C)(=O)=O)c2)c2ccccc2n1. The molecule has 0 fully saturated rings. The predicted molar refractivity (Wildman–Crippen MR) is 138 cm³/mol. The lowest BCUT2D eigenvalue weighted by Gasteiger charge is -2.12. The number of rotatable bonds is 7. The highest BCUT2D eigenvalue weighted by atomic mass is 32.2. The van der Waals surface area contributed by atoms with Crippen LogP contribution in [0.5, 0.6) is 5.75 Å². The van der Waals surface area contributed by atoms with Crippen LogP contribution in [0.4, 0.5) is 5.69 Å². The molecule has 0 aliphatic rings. The topological polar surface area (TPSA) is 110 Å². The molecule has 0 saturated heterocycles. The van der Waals surface area contributed by atoms with Gasteiger partial charge in [0.1, 0.15) is 5.75 Å². The molecule has 0 spiro atoms. The van der Waals surface area contributed by atoms with Crippen molar-refractivity contribution in [2.24, 2.45) is 5.10 Å². The molecule has 2 N–H and O–H groups in total. The smallest absolute Gasteiger partial charge is 0.272 e. The van der Waals surface area contributed by atoms with Gasteiger partial charge in [0.25, 0.3) is 5.91 Å². The molecule has 0 bridgehead atoms. The second-order valence-corrected chi connectivity index (χ2v) is 9.61. The average molecular weight is 489 g/mol. The lowest BCUT2D eigenvalue weighted by molar-refractivity contribution is 0.0956. The molecule has 4 rings (SSSR count). The van der Waals surface area contributed by atoms with E-state index in [1.807, 2.05) is 48.5 Å². The fourth-order valence-corrected chi connectivity index (χ4v) is 4.19. The molecule has 178 valence electrons. The zero-order valence-corrected chi connectivity index (χ0v) is 20.3. The van der Waals surface area contributed by atoms with Crippen molar-refractivity contribution in [2.75, 3.05) is 18.1 Å². The van der Waals surface area contributed by atoms with Crippen molar-refractivity contribution in [3.05, 3.63) is 90.0 Å². The van der Waals surface area contributed by atoms with Gasteiger partial charge in [0.05, 0.1) is 35.9 Å². The lowest BCUT2D eigenvalue weighted by Crippen LogP contribution is -2.20. The quantitative estimate of drug-likeness (QED) is 0.295. The number of nitrogens with zero attached hydrogens (tertiary/aromatic N) is 2. The lowest BCUT2D eigenvalue weighted by atomic mass is 10.0.